The molecule has 3 rings (SSSR count). The summed E-state index contributed by atoms with van der Waals surface area (Å²) >= 11 is 13.7. The van der Waals surface area contributed by atoms with Gasteiger partial charge in [-0.1, -0.05) is 23.2 Å². The molecule has 0 saturated carbocycles. The van der Waals surface area contributed by atoms with Crippen LogP contribution in [0.15, 0.2) is 46.3 Å². The Bertz CT molecular complexity index is 1050. The van der Waals surface area contributed by atoms with Gasteiger partial charge in [-0.25, -0.2) is 14.2 Å². The number of thioether (sulfide) groups is 1. The molecule has 0 spiro atoms. The van der Waals surface area contributed by atoms with Gasteiger partial charge in [-0.2, -0.15) is 0 Å². The average molecular weight is 483 g/mol. The smallest absolute Gasteiger partial charge is 0.343 e. The Balaban J connectivity index is 1.86. The van der Waals surface area contributed by atoms with Crippen LogP contribution in [0.2, 0.25) is 10.0 Å². The summed E-state index contributed by atoms with van der Waals surface area (Å²) in [7, 11) is 1.24. The Morgan fingerprint density at radius 2 is 1.87 bits per heavy atom. The van der Waals surface area contributed by atoms with Crippen LogP contribution >= 0.6 is 35.0 Å². The molecule has 0 atom stereocenters. The third-order valence-corrected chi connectivity index (χ3v) is 5.70. The minimum atomic E-state index is -0.570. The van der Waals surface area contributed by atoms with Gasteiger partial charge in [-0.3, -0.25) is 9.69 Å². The second-order valence-electron chi connectivity index (χ2n) is 6.21. The average Bonchev–Trinajstić information content (AvgIpc) is 3.02. The van der Waals surface area contributed by atoms with E-state index in [4.69, 9.17) is 27.9 Å². The number of carbonyl (C=O) groups excluding carboxylic acids is 2. The number of aliphatic imine (C=N–C) groups is 1. The first kappa shape index (κ1) is 23.1. The summed E-state index contributed by atoms with van der Waals surface area (Å²) in [4.78, 5) is 30.5. The van der Waals surface area contributed by atoms with E-state index in [1.807, 2.05) is 6.92 Å². The molecular formula is C21H17Cl2FN2O4S. The maximum atomic E-state index is 13.1. The lowest BCUT2D eigenvalue weighted by molar-refractivity contribution is -0.142. The SMILES string of the molecule is CCN1C(=O)/C(=C\c2cc(Cl)c(OCC(=O)OC)c(Cl)c2)SC1=Nc1ccc(F)cc1. The molecule has 1 aliphatic rings. The number of rotatable bonds is 6. The van der Waals surface area contributed by atoms with Crippen LogP contribution in [0.5, 0.6) is 5.75 Å². The Morgan fingerprint density at radius 1 is 1.23 bits per heavy atom. The first-order valence-electron chi connectivity index (χ1n) is 9.06. The van der Waals surface area contributed by atoms with Gasteiger partial charge in [0.15, 0.2) is 17.5 Å². The first-order valence-corrected chi connectivity index (χ1v) is 10.6. The topological polar surface area (TPSA) is 68.2 Å². The molecule has 0 radical (unpaired) electrons. The summed E-state index contributed by atoms with van der Waals surface area (Å²) in [5, 5.41) is 0.859. The monoisotopic (exact) mass is 482 g/mol. The molecule has 2 aromatic carbocycles. The Kier molecular flexibility index (Phi) is 7.59. The van der Waals surface area contributed by atoms with E-state index in [2.05, 4.69) is 9.73 Å². The minimum Gasteiger partial charge on any atom is -0.479 e. The van der Waals surface area contributed by atoms with Gasteiger partial charge in [0.2, 0.25) is 0 Å². The number of amidine groups is 1. The van der Waals surface area contributed by atoms with Crippen molar-refractivity contribution < 1.29 is 23.5 Å². The van der Waals surface area contributed by atoms with E-state index in [-0.39, 0.29) is 34.1 Å². The summed E-state index contributed by atoms with van der Waals surface area (Å²) in [6.45, 7) is 1.92. The largest absolute Gasteiger partial charge is 0.479 e. The lowest BCUT2D eigenvalue weighted by Crippen LogP contribution is -2.28. The molecule has 31 heavy (non-hydrogen) atoms. The summed E-state index contributed by atoms with van der Waals surface area (Å²) in [6, 6.07) is 8.84. The van der Waals surface area contributed by atoms with Crippen LogP contribution in [0.1, 0.15) is 12.5 Å². The molecule has 162 valence electrons. The molecule has 0 aliphatic carbocycles. The second-order valence-corrected chi connectivity index (χ2v) is 8.03. The lowest BCUT2D eigenvalue weighted by atomic mass is 10.2. The molecule has 0 bridgehead atoms. The zero-order valence-electron chi connectivity index (χ0n) is 16.5. The van der Waals surface area contributed by atoms with Crippen LogP contribution in [-0.4, -0.2) is 42.2 Å². The van der Waals surface area contributed by atoms with Crippen molar-refractivity contribution in [1.82, 2.24) is 4.90 Å². The molecule has 0 aromatic heterocycles. The number of amides is 1. The molecule has 2 aromatic rings. The molecule has 10 heteroatoms. The molecule has 1 heterocycles. The van der Waals surface area contributed by atoms with Crippen molar-refractivity contribution in [1.29, 1.82) is 0 Å². The van der Waals surface area contributed by atoms with Crippen molar-refractivity contribution in [2.24, 2.45) is 4.99 Å². The highest BCUT2D eigenvalue weighted by atomic mass is 35.5. The summed E-state index contributed by atoms with van der Waals surface area (Å²) in [6.07, 6.45) is 1.64. The fraction of sp³-hybridized carbons (Fsp3) is 0.190. The standard InChI is InChI=1S/C21H17Cl2FN2O4S/c1-3-26-20(28)17(31-21(26)25-14-6-4-13(24)5-7-14)10-12-8-15(22)19(16(23)9-12)30-11-18(27)29-2/h4-10H,3,11H2,1-2H3/b17-10+,25-21?. The number of ether oxygens (including phenoxy) is 2. The van der Waals surface area contributed by atoms with Gasteiger partial charge in [0.1, 0.15) is 5.82 Å². The van der Waals surface area contributed by atoms with E-state index in [1.54, 1.807) is 18.2 Å². The number of halogens is 3. The molecular weight excluding hydrogens is 466 g/mol. The number of hydrogen-bond donors (Lipinski definition) is 0. The number of methoxy groups -OCH3 is 1. The highest BCUT2D eigenvalue weighted by Crippen LogP contribution is 2.38. The van der Waals surface area contributed by atoms with Crippen molar-refractivity contribution in [3.8, 4) is 5.75 Å². The molecule has 1 saturated heterocycles. The molecule has 1 amide bonds. The van der Waals surface area contributed by atoms with Crippen LogP contribution in [0.3, 0.4) is 0 Å². The fourth-order valence-corrected chi connectivity index (χ4v) is 4.31. The Morgan fingerprint density at radius 3 is 2.45 bits per heavy atom. The number of carbonyl (C=O) groups is 2. The van der Waals surface area contributed by atoms with Crippen LogP contribution in [0.4, 0.5) is 10.1 Å². The van der Waals surface area contributed by atoms with Crippen molar-refractivity contribution in [3.05, 3.63) is 62.7 Å². The van der Waals surface area contributed by atoms with Crippen LogP contribution in [0, 0.1) is 5.82 Å². The number of nitrogens with zero attached hydrogens (tertiary/aromatic N) is 2. The van der Waals surface area contributed by atoms with Gasteiger partial charge < -0.3 is 9.47 Å². The van der Waals surface area contributed by atoms with Crippen molar-refractivity contribution >= 4 is 63.8 Å². The van der Waals surface area contributed by atoms with E-state index in [1.165, 1.54) is 48.0 Å². The van der Waals surface area contributed by atoms with Crippen molar-refractivity contribution in [3.63, 3.8) is 0 Å². The maximum Gasteiger partial charge on any atom is 0.343 e. The number of benzene rings is 2. The normalized spacial score (nSPS) is 16.3. The van der Waals surface area contributed by atoms with E-state index >= 15 is 0 Å². The van der Waals surface area contributed by atoms with E-state index in [0.29, 0.717) is 27.9 Å². The van der Waals surface area contributed by atoms with Gasteiger partial charge in [-0.15, -0.1) is 0 Å². The molecule has 0 unspecified atom stereocenters. The van der Waals surface area contributed by atoms with E-state index < -0.39 is 5.97 Å². The van der Waals surface area contributed by atoms with E-state index in [0.717, 1.165) is 0 Å². The number of esters is 1. The van der Waals surface area contributed by atoms with Crippen LogP contribution in [-0.2, 0) is 14.3 Å². The van der Waals surface area contributed by atoms with Crippen LogP contribution < -0.4 is 4.74 Å². The Labute approximate surface area is 192 Å². The summed E-state index contributed by atoms with van der Waals surface area (Å²) in [5.74, 6) is -1.000. The van der Waals surface area contributed by atoms with Crippen molar-refractivity contribution in [2.45, 2.75) is 6.92 Å². The maximum absolute atomic E-state index is 13.1. The van der Waals surface area contributed by atoms with Crippen LogP contribution in [0.25, 0.3) is 6.08 Å². The Hall–Kier alpha value is -2.55. The summed E-state index contributed by atoms with van der Waals surface area (Å²) < 4.78 is 23.0. The predicted octanol–water partition coefficient (Wildman–Crippen LogP) is 5.31. The minimum absolute atomic E-state index is 0.148. The second kappa shape index (κ2) is 10.2. The molecule has 0 N–H and O–H groups in total. The molecule has 1 aliphatic heterocycles. The quantitative estimate of drug-likeness (QED) is 0.412. The number of hydrogen-bond acceptors (Lipinski definition) is 6. The third-order valence-electron chi connectivity index (χ3n) is 4.14. The zero-order chi connectivity index (χ0) is 22.5. The molecule has 6 nitrogen and oxygen atoms in total. The number of likely N-dealkylation sites (N-methyl/N-ethyl adjacent to an activating group) is 1. The predicted molar refractivity (Wildman–Crippen MR) is 120 cm³/mol. The van der Waals surface area contributed by atoms with Gasteiger partial charge in [0, 0.05) is 6.54 Å². The lowest BCUT2D eigenvalue weighted by Gasteiger charge is -2.12. The van der Waals surface area contributed by atoms with E-state index in [9.17, 15) is 14.0 Å². The highest BCUT2D eigenvalue weighted by molar-refractivity contribution is 8.18. The van der Waals surface area contributed by atoms with Crippen molar-refractivity contribution in [2.75, 3.05) is 20.3 Å². The third kappa shape index (κ3) is 5.58. The highest BCUT2D eigenvalue weighted by Gasteiger charge is 2.32. The zero-order valence-corrected chi connectivity index (χ0v) is 18.9. The fourth-order valence-electron chi connectivity index (χ4n) is 2.64. The van der Waals surface area contributed by atoms with Gasteiger partial charge >= 0.3 is 5.97 Å². The van der Waals surface area contributed by atoms with Gasteiger partial charge in [0.25, 0.3) is 5.91 Å². The molecule has 1 fully saturated rings. The van der Waals surface area contributed by atoms with Gasteiger partial charge in [-0.05, 0) is 66.7 Å². The summed E-state index contributed by atoms with van der Waals surface area (Å²) in [5.41, 5.74) is 1.12. The van der Waals surface area contributed by atoms with Gasteiger partial charge in [0.05, 0.1) is 27.7 Å². The first-order chi connectivity index (χ1) is 14.8.